The minimum atomic E-state index is -0.366. The molecule has 0 unspecified atom stereocenters. The van der Waals surface area contributed by atoms with Crippen molar-refractivity contribution in [3.8, 4) is 0 Å². The number of esters is 1. The van der Waals surface area contributed by atoms with Crippen molar-refractivity contribution in [3.05, 3.63) is 76.9 Å². The Balaban J connectivity index is 2.12. The molecule has 0 saturated heterocycles. The molecule has 1 atom stereocenters. The van der Waals surface area contributed by atoms with Gasteiger partial charge in [0.1, 0.15) is 0 Å². The van der Waals surface area contributed by atoms with Gasteiger partial charge in [0.15, 0.2) is 5.11 Å². The molecule has 0 aromatic heterocycles. The van der Waals surface area contributed by atoms with Crippen LogP contribution in [0.4, 0.5) is 0 Å². The molecule has 2 aromatic carbocycles. The van der Waals surface area contributed by atoms with Gasteiger partial charge in [-0.15, -0.1) is 0 Å². The highest BCUT2D eigenvalue weighted by atomic mass is 32.1. The third-order valence-electron chi connectivity index (χ3n) is 4.57. The van der Waals surface area contributed by atoms with Gasteiger partial charge < -0.3 is 15.4 Å². The molecule has 0 aliphatic carbocycles. The molecular weight excluding hydrogens is 356 g/mol. The lowest BCUT2D eigenvalue weighted by Gasteiger charge is -2.31. The van der Waals surface area contributed by atoms with Crippen LogP contribution < -0.4 is 10.6 Å². The van der Waals surface area contributed by atoms with Gasteiger partial charge in [0.2, 0.25) is 0 Å². The topological polar surface area (TPSA) is 50.4 Å². The first-order valence-corrected chi connectivity index (χ1v) is 9.56. The fourth-order valence-corrected chi connectivity index (χ4v) is 3.37. The predicted octanol–water partition coefficient (Wildman–Crippen LogP) is 4.30. The molecular formula is C22H24N2O2S. The summed E-state index contributed by atoms with van der Waals surface area (Å²) in [7, 11) is 0. The Hall–Kier alpha value is -2.66. The van der Waals surface area contributed by atoms with Gasteiger partial charge in [0.25, 0.3) is 0 Å². The van der Waals surface area contributed by atoms with Crippen molar-refractivity contribution < 1.29 is 9.53 Å². The van der Waals surface area contributed by atoms with E-state index in [1.807, 2.05) is 42.5 Å². The second kappa shape index (κ2) is 8.35. The van der Waals surface area contributed by atoms with Crippen molar-refractivity contribution in [2.24, 2.45) is 0 Å². The van der Waals surface area contributed by atoms with Gasteiger partial charge in [-0.3, -0.25) is 0 Å². The van der Waals surface area contributed by atoms with Gasteiger partial charge in [0.05, 0.1) is 23.9 Å². The minimum absolute atomic E-state index is 0.313. The summed E-state index contributed by atoms with van der Waals surface area (Å²) in [4.78, 5) is 12.8. The van der Waals surface area contributed by atoms with Crippen LogP contribution >= 0.6 is 12.2 Å². The van der Waals surface area contributed by atoms with E-state index in [0.29, 0.717) is 28.9 Å². The Morgan fingerprint density at radius 2 is 1.78 bits per heavy atom. The lowest BCUT2D eigenvalue weighted by atomic mass is 9.91. The van der Waals surface area contributed by atoms with E-state index in [2.05, 4.69) is 36.6 Å². The zero-order valence-corrected chi connectivity index (χ0v) is 16.6. The first kappa shape index (κ1) is 19.1. The summed E-state index contributed by atoms with van der Waals surface area (Å²) in [6, 6.07) is 17.6. The number of ether oxygens (including phenoxy) is 1. The summed E-state index contributed by atoms with van der Waals surface area (Å²) < 4.78 is 5.36. The smallest absolute Gasteiger partial charge is 0.338 e. The standard InChI is InChI=1S/C22H24N2O2S/c1-4-26-21(25)18-19(16-8-6-5-7-9-16)23-22(27)24-20(18)17-12-10-15(11-13-17)14(2)3/h5-14,20H,4H2,1-3H3,(H2,23,24,27)/t20-/m1/s1. The lowest BCUT2D eigenvalue weighted by Crippen LogP contribution is -2.45. The van der Waals surface area contributed by atoms with E-state index in [1.54, 1.807) is 6.92 Å². The Morgan fingerprint density at radius 3 is 2.37 bits per heavy atom. The number of benzene rings is 2. The van der Waals surface area contributed by atoms with Gasteiger partial charge in [-0.05, 0) is 41.7 Å². The number of nitrogens with one attached hydrogen (secondary N) is 2. The van der Waals surface area contributed by atoms with Crippen LogP contribution in [-0.2, 0) is 9.53 Å². The molecule has 27 heavy (non-hydrogen) atoms. The van der Waals surface area contributed by atoms with Crippen LogP contribution in [0.15, 0.2) is 60.2 Å². The summed E-state index contributed by atoms with van der Waals surface area (Å²) in [5.74, 6) is 0.0952. The highest BCUT2D eigenvalue weighted by molar-refractivity contribution is 7.80. The summed E-state index contributed by atoms with van der Waals surface area (Å²) in [6.07, 6.45) is 0. The number of hydrogen-bond donors (Lipinski definition) is 2. The van der Waals surface area contributed by atoms with Gasteiger partial charge in [-0.2, -0.15) is 0 Å². The Labute approximate surface area is 165 Å². The summed E-state index contributed by atoms with van der Waals surface area (Å²) in [6.45, 7) is 6.43. The summed E-state index contributed by atoms with van der Waals surface area (Å²) >= 11 is 5.42. The van der Waals surface area contributed by atoms with Gasteiger partial charge in [-0.1, -0.05) is 68.4 Å². The number of carbonyl (C=O) groups is 1. The lowest BCUT2D eigenvalue weighted by molar-refractivity contribution is -0.138. The van der Waals surface area contributed by atoms with E-state index in [4.69, 9.17) is 17.0 Å². The third-order valence-corrected chi connectivity index (χ3v) is 4.79. The highest BCUT2D eigenvalue weighted by Gasteiger charge is 2.33. The molecule has 2 aromatic rings. The van der Waals surface area contributed by atoms with Crippen LogP contribution in [-0.4, -0.2) is 17.7 Å². The second-order valence-corrected chi connectivity index (χ2v) is 7.14. The molecule has 140 valence electrons. The van der Waals surface area contributed by atoms with Crippen LogP contribution in [0.2, 0.25) is 0 Å². The molecule has 0 saturated carbocycles. The maximum absolute atomic E-state index is 12.8. The fourth-order valence-electron chi connectivity index (χ4n) is 3.15. The molecule has 0 fully saturated rings. The molecule has 1 heterocycles. The van der Waals surface area contributed by atoms with Crippen LogP contribution in [0, 0.1) is 0 Å². The maximum atomic E-state index is 12.8. The molecule has 5 heteroatoms. The molecule has 0 bridgehead atoms. The first-order valence-electron chi connectivity index (χ1n) is 9.15. The first-order chi connectivity index (χ1) is 13.0. The van der Waals surface area contributed by atoms with Crippen LogP contribution in [0.1, 0.15) is 49.4 Å². The van der Waals surface area contributed by atoms with Crippen LogP contribution in [0.25, 0.3) is 5.70 Å². The van der Waals surface area contributed by atoms with E-state index in [-0.39, 0.29) is 12.0 Å². The van der Waals surface area contributed by atoms with Crippen LogP contribution in [0.3, 0.4) is 0 Å². The summed E-state index contributed by atoms with van der Waals surface area (Å²) in [5, 5.41) is 6.87. The van der Waals surface area contributed by atoms with E-state index >= 15 is 0 Å². The van der Waals surface area contributed by atoms with E-state index < -0.39 is 0 Å². The van der Waals surface area contributed by atoms with Gasteiger partial charge in [0, 0.05) is 0 Å². The van der Waals surface area contributed by atoms with E-state index in [1.165, 1.54) is 5.56 Å². The Kier molecular flexibility index (Phi) is 5.91. The van der Waals surface area contributed by atoms with Crippen molar-refractivity contribution >= 4 is 29.0 Å². The maximum Gasteiger partial charge on any atom is 0.338 e. The van der Waals surface area contributed by atoms with Crippen LogP contribution in [0.5, 0.6) is 0 Å². The number of thiocarbonyl (C=S) groups is 1. The van der Waals surface area contributed by atoms with Crippen molar-refractivity contribution in [1.29, 1.82) is 0 Å². The average Bonchev–Trinajstić information content (AvgIpc) is 2.68. The fraction of sp³-hybridized carbons (Fsp3) is 0.273. The molecule has 4 nitrogen and oxygen atoms in total. The zero-order chi connectivity index (χ0) is 19.4. The molecule has 0 amide bonds. The van der Waals surface area contributed by atoms with Gasteiger partial charge in [-0.25, -0.2) is 4.79 Å². The van der Waals surface area contributed by atoms with Crippen molar-refractivity contribution in [2.75, 3.05) is 6.61 Å². The van der Waals surface area contributed by atoms with E-state index in [9.17, 15) is 4.79 Å². The van der Waals surface area contributed by atoms with Crippen molar-refractivity contribution in [3.63, 3.8) is 0 Å². The number of hydrogen-bond acceptors (Lipinski definition) is 3. The SMILES string of the molecule is CCOC(=O)C1=C(c2ccccc2)NC(=S)N[C@@H]1c1ccc(C(C)C)cc1. The largest absolute Gasteiger partial charge is 0.463 e. The molecule has 2 N–H and O–H groups in total. The molecule has 1 aliphatic rings. The third kappa shape index (κ3) is 4.19. The predicted molar refractivity (Wildman–Crippen MR) is 112 cm³/mol. The molecule has 3 rings (SSSR count). The second-order valence-electron chi connectivity index (χ2n) is 6.73. The zero-order valence-electron chi connectivity index (χ0n) is 15.8. The molecule has 0 spiro atoms. The number of rotatable bonds is 5. The Morgan fingerprint density at radius 1 is 1.11 bits per heavy atom. The number of carbonyl (C=O) groups excluding carboxylic acids is 1. The van der Waals surface area contributed by atoms with Gasteiger partial charge >= 0.3 is 5.97 Å². The van der Waals surface area contributed by atoms with Crippen molar-refractivity contribution in [1.82, 2.24) is 10.6 Å². The quantitative estimate of drug-likeness (QED) is 0.598. The minimum Gasteiger partial charge on any atom is -0.463 e. The average molecular weight is 381 g/mol. The molecule has 0 radical (unpaired) electrons. The highest BCUT2D eigenvalue weighted by Crippen LogP contribution is 2.32. The monoisotopic (exact) mass is 380 g/mol. The van der Waals surface area contributed by atoms with E-state index in [0.717, 1.165) is 11.1 Å². The summed E-state index contributed by atoms with van der Waals surface area (Å²) in [5.41, 5.74) is 4.35. The Bertz CT molecular complexity index is 858. The van der Waals surface area contributed by atoms with Crippen molar-refractivity contribution in [2.45, 2.75) is 32.7 Å². The normalized spacial score (nSPS) is 16.7. The molecule has 1 aliphatic heterocycles.